The lowest BCUT2D eigenvalue weighted by molar-refractivity contribution is 1.30. The summed E-state index contributed by atoms with van der Waals surface area (Å²) < 4.78 is 5.23. The molecule has 0 radical (unpaired) electrons. The van der Waals surface area contributed by atoms with Gasteiger partial charge in [-0.05, 0) is 98.7 Å². The maximum atomic E-state index is 4.29. The Morgan fingerprint density at radius 1 is 0.373 bits per heavy atom. The fourth-order valence-electron chi connectivity index (χ4n) is 7.86. The highest BCUT2D eigenvalue weighted by molar-refractivity contribution is 7.26. The largest absolute Gasteiger partial charge is 0.310 e. The number of nitrogens with zero attached hydrogens (tertiary/aromatic N) is 2. The molecule has 0 aliphatic rings. The van der Waals surface area contributed by atoms with E-state index in [1.54, 1.807) is 0 Å². The number of benzene rings is 8. The zero-order valence-electron chi connectivity index (χ0n) is 27.4. The van der Waals surface area contributed by atoms with Crippen molar-refractivity contribution in [1.82, 2.24) is 4.98 Å². The number of fused-ring (bicyclic) bond motifs is 11. The molecule has 3 aromatic heterocycles. The number of rotatable bonds is 4. The van der Waals surface area contributed by atoms with Gasteiger partial charge in [0.1, 0.15) is 0 Å². The van der Waals surface area contributed by atoms with E-state index < -0.39 is 0 Å². The minimum Gasteiger partial charge on any atom is -0.310 e. The van der Waals surface area contributed by atoms with E-state index in [-0.39, 0.29) is 0 Å². The van der Waals surface area contributed by atoms with Crippen molar-refractivity contribution >= 4 is 112 Å². The molecule has 0 amide bonds. The molecule has 0 saturated heterocycles. The number of thiophene rings is 2. The Bertz CT molecular complexity index is 3000. The molecule has 11 aromatic rings. The minimum absolute atomic E-state index is 1.13. The molecule has 0 aliphatic heterocycles. The molecule has 4 heteroatoms. The van der Waals surface area contributed by atoms with Crippen LogP contribution in [0.3, 0.4) is 0 Å². The van der Waals surface area contributed by atoms with Crippen LogP contribution >= 0.6 is 22.7 Å². The van der Waals surface area contributed by atoms with Gasteiger partial charge in [0.05, 0.1) is 0 Å². The van der Waals surface area contributed by atoms with Crippen LogP contribution in [-0.2, 0) is 0 Å². The van der Waals surface area contributed by atoms with Crippen molar-refractivity contribution in [1.29, 1.82) is 0 Å². The van der Waals surface area contributed by atoms with E-state index in [4.69, 9.17) is 0 Å². The molecule has 0 spiro atoms. The maximum Gasteiger partial charge on any atom is 0.0476 e. The molecule has 0 unspecified atom stereocenters. The predicted octanol–water partition coefficient (Wildman–Crippen LogP) is 14.4. The van der Waals surface area contributed by atoms with Gasteiger partial charge in [0.25, 0.3) is 0 Å². The Morgan fingerprint density at radius 3 is 1.55 bits per heavy atom. The van der Waals surface area contributed by atoms with Crippen LogP contribution in [-0.4, -0.2) is 4.98 Å². The van der Waals surface area contributed by atoms with Crippen LogP contribution in [0.2, 0.25) is 0 Å². The Labute approximate surface area is 302 Å². The van der Waals surface area contributed by atoms with Crippen molar-refractivity contribution in [3.63, 3.8) is 0 Å². The normalized spacial score (nSPS) is 11.9. The van der Waals surface area contributed by atoms with Gasteiger partial charge in [0, 0.05) is 75.2 Å². The fraction of sp³-hybridized carbons (Fsp3) is 0. The van der Waals surface area contributed by atoms with Crippen LogP contribution in [0, 0.1) is 0 Å². The average molecular weight is 685 g/mol. The fourth-order valence-corrected chi connectivity index (χ4v) is 10.2. The highest BCUT2D eigenvalue weighted by Crippen LogP contribution is 2.45. The lowest BCUT2D eigenvalue weighted by Crippen LogP contribution is -2.09. The van der Waals surface area contributed by atoms with Crippen molar-refractivity contribution in [2.45, 2.75) is 0 Å². The van der Waals surface area contributed by atoms with Gasteiger partial charge in [0.15, 0.2) is 0 Å². The molecule has 0 aliphatic carbocycles. The van der Waals surface area contributed by atoms with E-state index in [1.807, 2.05) is 35.1 Å². The zero-order chi connectivity index (χ0) is 33.5. The number of pyridine rings is 1. The second-order valence-corrected chi connectivity index (χ2v) is 15.4. The summed E-state index contributed by atoms with van der Waals surface area (Å²) >= 11 is 3.75. The molecule has 51 heavy (non-hydrogen) atoms. The molecule has 11 rings (SSSR count). The van der Waals surface area contributed by atoms with Crippen molar-refractivity contribution in [3.05, 3.63) is 170 Å². The first-order valence-electron chi connectivity index (χ1n) is 17.2. The van der Waals surface area contributed by atoms with Crippen molar-refractivity contribution in [3.8, 4) is 11.1 Å². The van der Waals surface area contributed by atoms with Crippen molar-refractivity contribution in [2.24, 2.45) is 0 Å². The van der Waals surface area contributed by atoms with Crippen molar-refractivity contribution in [2.75, 3.05) is 4.90 Å². The third-order valence-corrected chi connectivity index (χ3v) is 12.5. The topological polar surface area (TPSA) is 16.1 Å². The number of hydrogen-bond acceptors (Lipinski definition) is 4. The summed E-state index contributed by atoms with van der Waals surface area (Å²) in [6, 6.07) is 58.2. The summed E-state index contributed by atoms with van der Waals surface area (Å²) in [7, 11) is 0. The monoisotopic (exact) mass is 684 g/mol. The molecule has 3 heterocycles. The summed E-state index contributed by atoms with van der Waals surface area (Å²) in [6.07, 6.45) is 3.78. The van der Waals surface area contributed by atoms with E-state index >= 15 is 0 Å². The van der Waals surface area contributed by atoms with E-state index in [0.29, 0.717) is 0 Å². The van der Waals surface area contributed by atoms with Gasteiger partial charge in [-0.15, -0.1) is 22.7 Å². The molecule has 0 bridgehead atoms. The first-order chi connectivity index (χ1) is 25.2. The second-order valence-electron chi connectivity index (χ2n) is 13.2. The molecular weight excluding hydrogens is 657 g/mol. The molecule has 0 N–H and O–H groups in total. The molecule has 2 nitrogen and oxygen atoms in total. The molecule has 0 saturated carbocycles. The summed E-state index contributed by atoms with van der Waals surface area (Å²) in [5.41, 5.74) is 5.81. The predicted molar refractivity (Wildman–Crippen MR) is 223 cm³/mol. The van der Waals surface area contributed by atoms with Gasteiger partial charge >= 0.3 is 0 Å². The first-order valence-corrected chi connectivity index (χ1v) is 18.8. The van der Waals surface area contributed by atoms with E-state index in [0.717, 1.165) is 22.4 Å². The van der Waals surface area contributed by atoms with Crippen LogP contribution in [0.25, 0.3) is 83.8 Å². The minimum atomic E-state index is 1.13. The zero-order valence-corrected chi connectivity index (χ0v) is 29.0. The third kappa shape index (κ3) is 4.58. The van der Waals surface area contributed by atoms with Crippen LogP contribution in [0.15, 0.2) is 170 Å². The summed E-state index contributed by atoms with van der Waals surface area (Å²) in [5, 5.41) is 12.9. The van der Waals surface area contributed by atoms with Crippen LogP contribution in [0.1, 0.15) is 0 Å². The Hall–Kier alpha value is -6.07. The van der Waals surface area contributed by atoms with E-state index in [9.17, 15) is 0 Å². The van der Waals surface area contributed by atoms with Crippen LogP contribution in [0.4, 0.5) is 17.1 Å². The number of aromatic nitrogens is 1. The second kappa shape index (κ2) is 11.2. The highest BCUT2D eigenvalue weighted by atomic mass is 32.1. The van der Waals surface area contributed by atoms with Crippen LogP contribution < -0.4 is 4.90 Å². The Kier molecular flexibility index (Phi) is 6.32. The molecule has 8 aromatic carbocycles. The molecular formula is C47H28N2S2. The van der Waals surface area contributed by atoms with Gasteiger partial charge in [-0.1, -0.05) is 97.1 Å². The van der Waals surface area contributed by atoms with Gasteiger partial charge in [-0.2, -0.15) is 0 Å². The number of anilines is 3. The van der Waals surface area contributed by atoms with E-state index in [1.165, 1.54) is 78.4 Å². The Balaban J connectivity index is 1.09. The summed E-state index contributed by atoms with van der Waals surface area (Å²) in [6.45, 7) is 0. The maximum absolute atomic E-state index is 4.29. The smallest absolute Gasteiger partial charge is 0.0476 e. The molecule has 0 fully saturated rings. The summed E-state index contributed by atoms with van der Waals surface area (Å²) in [5.74, 6) is 0. The Morgan fingerprint density at radius 2 is 0.922 bits per heavy atom. The van der Waals surface area contributed by atoms with Gasteiger partial charge in [-0.3, -0.25) is 4.98 Å². The van der Waals surface area contributed by atoms with Gasteiger partial charge in [0.2, 0.25) is 0 Å². The highest BCUT2D eigenvalue weighted by Gasteiger charge is 2.18. The molecule has 238 valence electrons. The lowest BCUT2D eigenvalue weighted by atomic mass is 10.0. The average Bonchev–Trinajstić information content (AvgIpc) is 3.76. The molecule has 0 atom stereocenters. The van der Waals surface area contributed by atoms with Gasteiger partial charge < -0.3 is 4.90 Å². The van der Waals surface area contributed by atoms with Crippen molar-refractivity contribution < 1.29 is 0 Å². The summed E-state index contributed by atoms with van der Waals surface area (Å²) in [4.78, 5) is 6.71. The third-order valence-electron chi connectivity index (χ3n) is 10.3. The lowest BCUT2D eigenvalue weighted by Gasteiger charge is -2.26. The van der Waals surface area contributed by atoms with E-state index in [2.05, 4.69) is 168 Å². The SMILES string of the molecule is c1ccc2c(c1)ccc1sc3cc(N(c4ccc(-c5ccc6cnccc6c5)cc4)c4ccc5c(c4)sc4ccc6ccccc6c45)ccc3c12. The quantitative estimate of drug-likeness (QED) is 0.183. The number of hydrogen-bond donors (Lipinski definition) is 0. The van der Waals surface area contributed by atoms with Crippen LogP contribution in [0.5, 0.6) is 0 Å². The standard InChI is InChI=1S/C47H28N2S2/c1-3-7-38-30(5-1)13-21-42-46(38)40-19-17-36(26-44(40)50-42)49(35-15-11-29(12-16-35)32-9-10-34-28-48-24-23-33(34)25-32)37-18-20-41-45(27-37)51-43-22-14-31-6-2-4-8-39(31)47(41)43/h1-28H. The van der Waals surface area contributed by atoms with Gasteiger partial charge in [-0.25, -0.2) is 0 Å². The first kappa shape index (κ1) is 28.7.